The van der Waals surface area contributed by atoms with Gasteiger partial charge in [-0.2, -0.15) is 13.2 Å². The van der Waals surface area contributed by atoms with Crippen LogP contribution in [-0.4, -0.2) is 16.8 Å². The van der Waals surface area contributed by atoms with E-state index in [9.17, 15) is 23.1 Å². The Morgan fingerprint density at radius 1 is 1.29 bits per heavy atom. The van der Waals surface area contributed by atoms with Crippen molar-refractivity contribution in [3.63, 3.8) is 0 Å². The predicted molar refractivity (Wildman–Crippen MR) is 71.9 cm³/mol. The van der Waals surface area contributed by atoms with Crippen LogP contribution in [0.2, 0.25) is 0 Å². The lowest BCUT2D eigenvalue weighted by molar-refractivity contribution is -0.137. The number of alkyl halides is 3. The quantitative estimate of drug-likeness (QED) is 0.864. The van der Waals surface area contributed by atoms with Gasteiger partial charge in [-0.1, -0.05) is 6.07 Å². The Labute approximate surface area is 120 Å². The Morgan fingerprint density at radius 3 is 2.29 bits per heavy atom. The number of hydrogen-bond donors (Lipinski definition) is 2. The molecule has 0 radical (unpaired) electrons. The fourth-order valence-electron chi connectivity index (χ4n) is 1.62. The summed E-state index contributed by atoms with van der Waals surface area (Å²) in [5, 5.41) is 11.8. The third-order valence-electron chi connectivity index (χ3n) is 2.47. The van der Waals surface area contributed by atoms with Crippen LogP contribution in [0, 0.1) is 0 Å². The normalized spacial score (nSPS) is 13.7. The highest BCUT2D eigenvalue weighted by atomic mass is 19.4. The minimum atomic E-state index is -4.54. The molecule has 0 unspecified atom stereocenters. The molecule has 0 bridgehead atoms. The van der Waals surface area contributed by atoms with E-state index in [1.54, 1.807) is 20.8 Å². The number of carbonyl (C=O) groups is 1. The van der Waals surface area contributed by atoms with Crippen molar-refractivity contribution in [2.45, 2.75) is 45.6 Å². The molecule has 0 aliphatic heterocycles. The number of ether oxygens (including phenoxy) is 1. The Bertz CT molecular complexity index is 519. The number of benzene rings is 1. The molecule has 21 heavy (non-hydrogen) atoms. The molecule has 0 spiro atoms. The SMILES string of the molecule is C[C@@H](O)c1ccc(C(F)(F)F)cc1NC(=O)OC(C)(C)C. The van der Waals surface area contributed by atoms with Gasteiger partial charge >= 0.3 is 12.3 Å². The monoisotopic (exact) mass is 305 g/mol. The largest absolute Gasteiger partial charge is 0.444 e. The molecule has 4 nitrogen and oxygen atoms in total. The summed E-state index contributed by atoms with van der Waals surface area (Å²) in [4.78, 5) is 11.7. The average molecular weight is 305 g/mol. The van der Waals surface area contributed by atoms with E-state index in [-0.39, 0.29) is 11.3 Å². The van der Waals surface area contributed by atoms with E-state index in [1.165, 1.54) is 6.92 Å². The maximum absolute atomic E-state index is 12.7. The van der Waals surface area contributed by atoms with Gasteiger partial charge in [0.2, 0.25) is 0 Å². The van der Waals surface area contributed by atoms with E-state index in [0.29, 0.717) is 0 Å². The standard InChI is InChI=1S/C14H18F3NO3/c1-8(19)10-6-5-9(14(15,16)17)7-11(10)18-12(20)21-13(2,3)4/h5-8,19H,1-4H3,(H,18,20)/t8-/m1/s1. The zero-order chi connectivity index (χ0) is 16.4. The van der Waals surface area contributed by atoms with E-state index >= 15 is 0 Å². The highest BCUT2D eigenvalue weighted by Crippen LogP contribution is 2.34. The second-order valence-electron chi connectivity index (χ2n) is 5.60. The number of halogens is 3. The molecule has 0 saturated carbocycles. The second-order valence-corrected chi connectivity index (χ2v) is 5.60. The van der Waals surface area contributed by atoms with Gasteiger partial charge in [0.1, 0.15) is 5.60 Å². The maximum Gasteiger partial charge on any atom is 0.416 e. The van der Waals surface area contributed by atoms with Crippen molar-refractivity contribution in [2.24, 2.45) is 0 Å². The number of amides is 1. The lowest BCUT2D eigenvalue weighted by Gasteiger charge is -2.21. The zero-order valence-corrected chi connectivity index (χ0v) is 12.2. The van der Waals surface area contributed by atoms with Gasteiger partial charge in [-0.25, -0.2) is 4.79 Å². The van der Waals surface area contributed by atoms with Gasteiger partial charge in [0.25, 0.3) is 0 Å². The number of anilines is 1. The highest BCUT2D eigenvalue weighted by Gasteiger charge is 2.31. The smallest absolute Gasteiger partial charge is 0.416 e. The van der Waals surface area contributed by atoms with Gasteiger partial charge in [-0.05, 0) is 39.8 Å². The van der Waals surface area contributed by atoms with Crippen molar-refractivity contribution in [1.29, 1.82) is 0 Å². The topological polar surface area (TPSA) is 58.6 Å². The van der Waals surface area contributed by atoms with Crippen molar-refractivity contribution in [3.8, 4) is 0 Å². The summed E-state index contributed by atoms with van der Waals surface area (Å²) in [6.45, 7) is 6.29. The lowest BCUT2D eigenvalue weighted by Crippen LogP contribution is -2.27. The number of rotatable bonds is 2. The summed E-state index contributed by atoms with van der Waals surface area (Å²) in [5.74, 6) is 0. The van der Waals surface area contributed by atoms with Gasteiger partial charge in [0.05, 0.1) is 17.4 Å². The van der Waals surface area contributed by atoms with Crippen LogP contribution in [0.15, 0.2) is 18.2 Å². The number of nitrogens with one attached hydrogen (secondary N) is 1. The van der Waals surface area contributed by atoms with Crippen LogP contribution in [0.3, 0.4) is 0 Å². The molecule has 0 aliphatic carbocycles. The number of carbonyl (C=O) groups excluding carboxylic acids is 1. The first-order valence-corrected chi connectivity index (χ1v) is 6.29. The first-order valence-electron chi connectivity index (χ1n) is 6.29. The Kier molecular flexibility index (Phi) is 4.88. The summed E-state index contributed by atoms with van der Waals surface area (Å²) in [6.07, 6.45) is -6.46. The van der Waals surface area contributed by atoms with E-state index in [4.69, 9.17) is 4.74 Å². The molecule has 1 aromatic rings. The second kappa shape index (κ2) is 5.93. The van der Waals surface area contributed by atoms with E-state index in [0.717, 1.165) is 18.2 Å². The Morgan fingerprint density at radius 2 is 1.86 bits per heavy atom. The summed E-state index contributed by atoms with van der Waals surface area (Å²) < 4.78 is 43.1. The molecule has 0 heterocycles. The first-order chi connectivity index (χ1) is 9.40. The van der Waals surface area contributed by atoms with Crippen LogP contribution >= 0.6 is 0 Å². The molecule has 1 atom stereocenters. The zero-order valence-electron chi connectivity index (χ0n) is 12.2. The third-order valence-corrected chi connectivity index (χ3v) is 2.47. The lowest BCUT2D eigenvalue weighted by atomic mass is 10.0. The number of aliphatic hydroxyl groups is 1. The van der Waals surface area contributed by atoms with Crippen molar-refractivity contribution in [1.82, 2.24) is 0 Å². The van der Waals surface area contributed by atoms with E-state index in [2.05, 4.69) is 5.32 Å². The van der Waals surface area contributed by atoms with Crippen molar-refractivity contribution in [2.75, 3.05) is 5.32 Å². The van der Waals surface area contributed by atoms with E-state index < -0.39 is 29.5 Å². The van der Waals surface area contributed by atoms with Crippen molar-refractivity contribution in [3.05, 3.63) is 29.3 Å². The average Bonchev–Trinajstić information content (AvgIpc) is 2.24. The van der Waals surface area contributed by atoms with Crippen LogP contribution in [0.5, 0.6) is 0 Å². The fraction of sp³-hybridized carbons (Fsp3) is 0.500. The molecule has 1 aromatic carbocycles. The molecule has 0 aliphatic rings. The summed E-state index contributed by atoms with van der Waals surface area (Å²) in [7, 11) is 0. The van der Waals surface area contributed by atoms with Crippen LogP contribution < -0.4 is 5.32 Å². The highest BCUT2D eigenvalue weighted by molar-refractivity contribution is 5.86. The van der Waals surface area contributed by atoms with E-state index in [1.807, 2.05) is 0 Å². The summed E-state index contributed by atoms with van der Waals surface area (Å²) in [5.41, 5.74) is -1.66. The van der Waals surface area contributed by atoms with Gasteiger partial charge in [-0.3, -0.25) is 5.32 Å². The minimum Gasteiger partial charge on any atom is -0.444 e. The number of aliphatic hydroxyl groups excluding tert-OH is 1. The summed E-state index contributed by atoms with van der Waals surface area (Å²) >= 11 is 0. The Balaban J connectivity index is 3.10. The van der Waals surface area contributed by atoms with Gasteiger partial charge in [0.15, 0.2) is 0 Å². The molecule has 2 N–H and O–H groups in total. The third kappa shape index (κ3) is 5.26. The van der Waals surface area contributed by atoms with Gasteiger partial charge in [-0.15, -0.1) is 0 Å². The van der Waals surface area contributed by atoms with Crippen LogP contribution in [0.4, 0.5) is 23.7 Å². The Hall–Kier alpha value is -1.76. The summed E-state index contributed by atoms with van der Waals surface area (Å²) in [6, 6.07) is 2.74. The molecular formula is C14H18F3NO3. The van der Waals surface area contributed by atoms with Crippen molar-refractivity contribution >= 4 is 11.8 Å². The maximum atomic E-state index is 12.7. The first kappa shape index (κ1) is 17.3. The van der Waals surface area contributed by atoms with Gasteiger partial charge in [0, 0.05) is 5.56 Å². The predicted octanol–water partition coefficient (Wildman–Crippen LogP) is 4.11. The van der Waals surface area contributed by atoms with Crippen LogP contribution in [0.25, 0.3) is 0 Å². The fourth-order valence-corrected chi connectivity index (χ4v) is 1.62. The minimum absolute atomic E-state index is 0.130. The molecule has 1 rings (SSSR count). The number of hydrogen-bond acceptors (Lipinski definition) is 3. The van der Waals surface area contributed by atoms with Gasteiger partial charge < -0.3 is 9.84 Å². The molecule has 0 fully saturated rings. The van der Waals surface area contributed by atoms with Crippen LogP contribution in [-0.2, 0) is 10.9 Å². The molecule has 0 aromatic heterocycles. The molecule has 1 amide bonds. The van der Waals surface area contributed by atoms with Crippen molar-refractivity contribution < 1.29 is 27.8 Å². The molecule has 7 heteroatoms. The van der Waals surface area contributed by atoms with Crippen LogP contribution in [0.1, 0.15) is 44.9 Å². The molecule has 0 saturated heterocycles. The molecule has 118 valence electrons. The molecular weight excluding hydrogens is 287 g/mol.